The van der Waals surface area contributed by atoms with Crippen LogP contribution in [0.25, 0.3) is 56.4 Å². The largest absolute Gasteiger partial charge is 0.143 e. The second-order valence-corrected chi connectivity index (χ2v) is 31.3. The van der Waals surface area contributed by atoms with E-state index in [0.29, 0.717) is 0 Å². The fourth-order valence-electron chi connectivity index (χ4n) is 5.81. The van der Waals surface area contributed by atoms with Crippen LogP contribution in [-0.4, -0.2) is 0 Å². The number of hydrogen-bond acceptors (Lipinski definition) is 12. The van der Waals surface area contributed by atoms with E-state index >= 15 is 0 Å². The lowest BCUT2D eigenvalue weighted by Gasteiger charge is -1.84. The van der Waals surface area contributed by atoms with Gasteiger partial charge in [-0.2, -0.15) is 0 Å². The van der Waals surface area contributed by atoms with Crippen molar-refractivity contribution in [2.75, 3.05) is 0 Å². The Morgan fingerprint density at radius 1 is 0.351 bits per heavy atom. The van der Waals surface area contributed by atoms with Gasteiger partial charge in [-0.15, -0.1) is 136 Å². The molecular formula is C56H70Br2Cl4S12. The van der Waals surface area contributed by atoms with Gasteiger partial charge in [0.1, 0.15) is 0 Å². The number of thiophene rings is 12. The lowest BCUT2D eigenvalue weighted by atomic mass is 10.3. The average Bonchev–Trinajstić information content (AvgIpc) is 4.28. The molecule has 0 spiro atoms. The highest BCUT2D eigenvalue weighted by Gasteiger charge is 2.11. The Morgan fingerprint density at radius 2 is 0.865 bits per heavy atom. The Hall–Kier alpha value is 0.0800. The van der Waals surface area contributed by atoms with E-state index in [4.69, 9.17) is 46.4 Å². The second-order valence-electron chi connectivity index (χ2n) is 13.6. The molecule has 0 aliphatic rings. The molecule has 0 saturated carbocycles. The van der Waals surface area contributed by atoms with Gasteiger partial charge in [0.25, 0.3) is 0 Å². The molecule has 0 saturated heterocycles. The van der Waals surface area contributed by atoms with Crippen molar-refractivity contribution in [3.63, 3.8) is 0 Å². The molecule has 0 radical (unpaired) electrons. The molecule has 0 nitrogen and oxygen atoms in total. The molecule has 12 aromatic rings. The zero-order chi connectivity index (χ0) is 56.6. The molecule has 0 amide bonds. The summed E-state index contributed by atoms with van der Waals surface area (Å²) >= 11 is 51.7. The molecule has 0 unspecified atom stereocenters. The summed E-state index contributed by atoms with van der Waals surface area (Å²) in [7, 11) is 0. The Labute approximate surface area is 528 Å². The van der Waals surface area contributed by atoms with E-state index in [1.54, 1.807) is 68.0 Å². The summed E-state index contributed by atoms with van der Waals surface area (Å²) in [6.45, 7) is 41.0. The third-order valence-electron chi connectivity index (χ3n) is 9.16. The smallest absolute Gasteiger partial charge is 0.0978 e. The van der Waals surface area contributed by atoms with E-state index in [1.807, 2.05) is 163 Å². The summed E-state index contributed by atoms with van der Waals surface area (Å²) < 4.78 is 22.5. The van der Waals surface area contributed by atoms with Crippen LogP contribution in [0.4, 0.5) is 0 Å². The highest BCUT2D eigenvalue weighted by Crippen LogP contribution is 2.42. The van der Waals surface area contributed by atoms with Gasteiger partial charge in [-0.25, -0.2) is 0 Å². The average molecular weight is 1430 g/mol. The van der Waals surface area contributed by atoms with E-state index in [9.17, 15) is 0 Å². The van der Waals surface area contributed by atoms with E-state index in [-0.39, 0.29) is 0 Å². The standard InChI is InChI=1S/3C8H7ClS2.2C7H5BrS2.C6H3ClS2.6C2H6/c1-4-5(2)10-6-3-7(9)11-8(4)6;1-4-3-10-7-5(2)8(9)11-6(4)7;1-4-3-6-7(10-4)5(2)8(9)11-6;1-4-3-9-5-2-6(8)10-7(4)5;1-4-6-5(2-3-9-6)10-7(4)8;7-6-3-5-4(9-6)1-2-8-5;6*1-2/h3*3H,1-2H3;2*2-3H,1H3;1-3H;6*1-2H3. The van der Waals surface area contributed by atoms with Gasteiger partial charge in [0.15, 0.2) is 0 Å². The van der Waals surface area contributed by atoms with Crippen molar-refractivity contribution in [1.82, 2.24) is 0 Å². The van der Waals surface area contributed by atoms with Crippen molar-refractivity contribution >= 4 is 271 Å². The molecule has 408 valence electrons. The van der Waals surface area contributed by atoms with Crippen molar-refractivity contribution in [2.24, 2.45) is 0 Å². The second kappa shape index (κ2) is 37.9. The first-order valence-corrected chi connectivity index (χ1v) is 37.4. The van der Waals surface area contributed by atoms with Crippen LogP contribution in [0.15, 0.2) is 65.5 Å². The number of fused-ring (bicyclic) bond motifs is 6. The van der Waals surface area contributed by atoms with Crippen LogP contribution >= 0.6 is 214 Å². The summed E-state index contributed by atoms with van der Waals surface area (Å²) in [5.41, 5.74) is 8.01. The molecule has 74 heavy (non-hydrogen) atoms. The van der Waals surface area contributed by atoms with Crippen LogP contribution in [0, 0.1) is 55.4 Å². The molecule has 12 rings (SSSR count). The number of rotatable bonds is 0. The van der Waals surface area contributed by atoms with Crippen molar-refractivity contribution in [2.45, 2.75) is 138 Å². The van der Waals surface area contributed by atoms with E-state index < -0.39 is 0 Å². The topological polar surface area (TPSA) is 0 Å². The van der Waals surface area contributed by atoms with Gasteiger partial charge < -0.3 is 0 Å². The maximum absolute atomic E-state index is 5.99. The zero-order valence-corrected chi connectivity index (χ0v) is 61.9. The van der Waals surface area contributed by atoms with Gasteiger partial charge in [-0.1, -0.05) is 129 Å². The zero-order valence-electron chi connectivity index (χ0n) is 45.9. The molecule has 0 N–H and O–H groups in total. The van der Waals surface area contributed by atoms with Crippen molar-refractivity contribution in [1.29, 1.82) is 0 Å². The fraction of sp³-hybridized carbons (Fsp3) is 0.357. The van der Waals surface area contributed by atoms with Gasteiger partial charge in [0, 0.05) is 66.2 Å². The first-order chi connectivity index (χ1) is 35.5. The number of hydrogen-bond donors (Lipinski definition) is 0. The highest BCUT2D eigenvalue weighted by molar-refractivity contribution is 9.11. The van der Waals surface area contributed by atoms with Crippen molar-refractivity contribution in [3.8, 4) is 0 Å². The quantitative estimate of drug-likeness (QED) is 0.142. The Kier molecular flexibility index (Phi) is 36.9. The summed E-state index contributed by atoms with van der Waals surface area (Å²) in [6.07, 6.45) is 0. The van der Waals surface area contributed by atoms with E-state index in [0.717, 1.165) is 17.3 Å². The van der Waals surface area contributed by atoms with Gasteiger partial charge in [-0.05, 0) is 179 Å². The van der Waals surface area contributed by atoms with E-state index in [1.165, 1.54) is 107 Å². The summed E-state index contributed by atoms with van der Waals surface area (Å²) in [5.74, 6) is 0. The van der Waals surface area contributed by atoms with Gasteiger partial charge >= 0.3 is 0 Å². The molecule has 12 aromatic heterocycles. The van der Waals surface area contributed by atoms with Crippen molar-refractivity contribution < 1.29 is 0 Å². The highest BCUT2D eigenvalue weighted by atomic mass is 79.9. The van der Waals surface area contributed by atoms with Crippen LogP contribution in [0.3, 0.4) is 0 Å². The monoisotopic (exact) mass is 1420 g/mol. The third-order valence-corrected chi connectivity index (χ3v) is 26.2. The van der Waals surface area contributed by atoms with Crippen LogP contribution in [0.2, 0.25) is 17.3 Å². The number of halogens is 6. The maximum atomic E-state index is 5.99. The fourth-order valence-corrected chi connectivity index (χ4v) is 21.8. The van der Waals surface area contributed by atoms with Crippen molar-refractivity contribution in [3.05, 3.63) is 126 Å². The lowest BCUT2D eigenvalue weighted by molar-refractivity contribution is 1.48. The first kappa shape index (κ1) is 72.1. The molecule has 0 aliphatic heterocycles. The van der Waals surface area contributed by atoms with Gasteiger partial charge in [0.2, 0.25) is 0 Å². The maximum Gasteiger partial charge on any atom is 0.0978 e. The van der Waals surface area contributed by atoms with Crippen LogP contribution in [0.1, 0.15) is 126 Å². The minimum atomic E-state index is 0.886. The van der Waals surface area contributed by atoms with Crippen LogP contribution < -0.4 is 0 Å². The van der Waals surface area contributed by atoms with Gasteiger partial charge in [-0.3, -0.25) is 0 Å². The molecule has 0 atom stereocenters. The lowest BCUT2D eigenvalue weighted by Crippen LogP contribution is -1.64. The molecule has 12 heterocycles. The van der Waals surface area contributed by atoms with E-state index in [2.05, 4.69) is 133 Å². The predicted octanol–water partition coefficient (Wildman–Crippen LogP) is 30.5. The molecule has 0 aromatic carbocycles. The third kappa shape index (κ3) is 20.3. The summed E-state index contributed by atoms with van der Waals surface area (Å²) in [5, 5.41) is 8.61. The summed E-state index contributed by atoms with van der Waals surface area (Å²) in [6, 6.07) is 12.7. The Balaban J connectivity index is 0.000000426. The normalized spacial score (nSPS) is 9.76. The minimum Gasteiger partial charge on any atom is -0.143 e. The molecule has 0 aliphatic carbocycles. The molecule has 0 bridgehead atoms. The number of aryl methyl sites for hydroxylation is 8. The predicted molar refractivity (Wildman–Crippen MR) is 380 cm³/mol. The molecule has 0 fully saturated rings. The Bertz CT molecular complexity index is 3280. The van der Waals surface area contributed by atoms with Crippen LogP contribution in [0.5, 0.6) is 0 Å². The first-order valence-electron chi connectivity index (χ1n) is 24.3. The summed E-state index contributed by atoms with van der Waals surface area (Å²) in [4.78, 5) is 2.77. The Morgan fingerprint density at radius 3 is 1.43 bits per heavy atom. The molecular weight excluding hydrogens is 1360 g/mol. The SMILES string of the molecule is CC.CC.CC.CC.CC.CC.Cc1c(Br)sc2ccsc12.Cc1cc2sc(Cl)c(C)c2s1.Cc1csc2c(C)c(Cl)sc12.Cc1csc2cc(Br)sc12.Cc1sc2cc(Cl)sc2c1C.Clc1cc2sccc2s1. The van der Waals surface area contributed by atoms with Gasteiger partial charge in [0.05, 0.1) is 24.9 Å². The molecule has 18 heteroatoms. The van der Waals surface area contributed by atoms with Crippen LogP contribution in [-0.2, 0) is 0 Å². The minimum absolute atomic E-state index is 0.886.